The van der Waals surface area contributed by atoms with Crippen LogP contribution >= 0.6 is 11.8 Å². The number of carbonyl (C=O) groups is 2. The van der Waals surface area contributed by atoms with Gasteiger partial charge in [0.25, 0.3) is 11.5 Å². The first-order valence-corrected chi connectivity index (χ1v) is 9.16. The summed E-state index contributed by atoms with van der Waals surface area (Å²) < 4.78 is 12.9. The van der Waals surface area contributed by atoms with Gasteiger partial charge in [0, 0.05) is 25.8 Å². The zero-order chi connectivity index (χ0) is 19.6. The zero-order valence-corrected chi connectivity index (χ0v) is 15.2. The number of nitrogens with zero attached hydrogens (tertiary/aromatic N) is 2. The largest absolute Gasteiger partial charge is 0.501 e. The van der Waals surface area contributed by atoms with Crippen molar-refractivity contribution < 1.29 is 19.1 Å². The molecule has 1 fully saturated rings. The van der Waals surface area contributed by atoms with Crippen molar-refractivity contribution in [2.75, 3.05) is 12.3 Å². The third kappa shape index (κ3) is 4.11. The molecule has 0 spiro atoms. The van der Waals surface area contributed by atoms with E-state index in [1.165, 1.54) is 47.9 Å². The summed E-state index contributed by atoms with van der Waals surface area (Å²) in [7, 11) is 0. The topological polar surface area (TPSA) is 115 Å². The highest BCUT2D eigenvalue weighted by atomic mass is 32.2. The van der Waals surface area contributed by atoms with Crippen LogP contribution in [0.1, 0.15) is 34.2 Å². The second-order valence-electron chi connectivity index (χ2n) is 5.89. The van der Waals surface area contributed by atoms with Crippen LogP contribution in [-0.2, 0) is 11.3 Å². The minimum absolute atomic E-state index is 0.0696. The molecule has 1 aromatic carbocycles. The van der Waals surface area contributed by atoms with Gasteiger partial charge < -0.3 is 20.3 Å². The van der Waals surface area contributed by atoms with Crippen LogP contribution in [-0.4, -0.2) is 44.1 Å². The van der Waals surface area contributed by atoms with Gasteiger partial charge >= 0.3 is 0 Å². The number of carbonyl (C=O) groups excluding carboxylic acids is 2. The molecule has 10 heteroatoms. The highest BCUT2D eigenvalue weighted by Crippen LogP contribution is 2.36. The molecule has 2 aromatic rings. The van der Waals surface area contributed by atoms with Crippen molar-refractivity contribution in [3.8, 4) is 5.75 Å². The molecule has 142 valence electrons. The SMILES string of the molecule is CC(=O)N1CCSC1c1nc(C(=O)NCc2ccc(F)cc2)c(O)c(=O)[nH]1. The van der Waals surface area contributed by atoms with Gasteiger partial charge in [-0.05, 0) is 17.7 Å². The Balaban J connectivity index is 1.83. The molecule has 1 unspecified atom stereocenters. The number of aromatic hydroxyl groups is 1. The molecule has 8 nitrogen and oxygen atoms in total. The van der Waals surface area contributed by atoms with Crippen LogP contribution in [0.2, 0.25) is 0 Å². The highest BCUT2D eigenvalue weighted by Gasteiger charge is 2.32. The Labute approximate surface area is 157 Å². The van der Waals surface area contributed by atoms with Crippen LogP contribution < -0.4 is 10.9 Å². The normalized spacial score (nSPS) is 16.4. The lowest BCUT2D eigenvalue weighted by molar-refractivity contribution is -0.129. The number of thioether (sulfide) groups is 1. The molecule has 2 heterocycles. The van der Waals surface area contributed by atoms with Crippen molar-refractivity contribution in [3.63, 3.8) is 0 Å². The van der Waals surface area contributed by atoms with E-state index in [1.54, 1.807) is 0 Å². The van der Waals surface area contributed by atoms with E-state index < -0.39 is 34.1 Å². The van der Waals surface area contributed by atoms with Gasteiger partial charge in [0.05, 0.1) is 0 Å². The van der Waals surface area contributed by atoms with Gasteiger partial charge in [-0.3, -0.25) is 14.4 Å². The second kappa shape index (κ2) is 7.78. The van der Waals surface area contributed by atoms with Crippen LogP contribution in [0.4, 0.5) is 4.39 Å². The van der Waals surface area contributed by atoms with E-state index in [9.17, 15) is 23.9 Å². The molecule has 1 aromatic heterocycles. The fourth-order valence-electron chi connectivity index (χ4n) is 2.65. The number of nitrogens with one attached hydrogen (secondary N) is 2. The third-order valence-electron chi connectivity index (χ3n) is 4.02. The average molecular weight is 392 g/mol. The number of hydrogen-bond donors (Lipinski definition) is 3. The number of hydrogen-bond acceptors (Lipinski definition) is 6. The summed E-state index contributed by atoms with van der Waals surface area (Å²) in [6.07, 6.45) is 0. The standard InChI is InChI=1S/C17H17FN4O4S/c1-9(23)22-6-7-27-17(22)14-20-12(13(24)16(26)21-14)15(25)19-8-10-2-4-11(18)5-3-10/h2-5,17,24H,6-8H2,1H3,(H,19,25)(H,20,21,26). The maximum absolute atomic E-state index is 12.9. The van der Waals surface area contributed by atoms with E-state index in [-0.39, 0.29) is 18.3 Å². The summed E-state index contributed by atoms with van der Waals surface area (Å²) in [6, 6.07) is 5.53. The van der Waals surface area contributed by atoms with E-state index >= 15 is 0 Å². The monoisotopic (exact) mass is 392 g/mol. The van der Waals surface area contributed by atoms with Crippen LogP contribution in [0.5, 0.6) is 5.75 Å². The fraction of sp³-hybridized carbons (Fsp3) is 0.294. The van der Waals surface area contributed by atoms with Crippen LogP contribution in [0.3, 0.4) is 0 Å². The number of aromatic nitrogens is 2. The smallest absolute Gasteiger partial charge is 0.294 e. The molecular formula is C17H17FN4O4S. The lowest BCUT2D eigenvalue weighted by atomic mass is 10.2. The number of H-pyrrole nitrogens is 1. The van der Waals surface area contributed by atoms with E-state index in [1.807, 2.05) is 0 Å². The third-order valence-corrected chi connectivity index (χ3v) is 5.24. The van der Waals surface area contributed by atoms with Gasteiger partial charge in [-0.2, -0.15) is 0 Å². The summed E-state index contributed by atoms with van der Waals surface area (Å²) in [5, 5.41) is 11.9. The maximum atomic E-state index is 12.9. The summed E-state index contributed by atoms with van der Waals surface area (Å²) in [5.74, 6) is -1.33. The summed E-state index contributed by atoms with van der Waals surface area (Å²) in [5.41, 5.74) is -0.641. The molecule has 1 aliphatic heterocycles. The van der Waals surface area contributed by atoms with Gasteiger partial charge in [0.1, 0.15) is 17.0 Å². The van der Waals surface area contributed by atoms with Gasteiger partial charge in [0.15, 0.2) is 5.69 Å². The first kappa shape index (κ1) is 18.9. The van der Waals surface area contributed by atoms with Crippen molar-refractivity contribution in [1.82, 2.24) is 20.2 Å². The molecule has 0 radical (unpaired) electrons. The van der Waals surface area contributed by atoms with E-state index in [0.717, 1.165) is 0 Å². The van der Waals surface area contributed by atoms with E-state index in [2.05, 4.69) is 15.3 Å². The summed E-state index contributed by atoms with van der Waals surface area (Å²) in [4.78, 5) is 44.2. The van der Waals surface area contributed by atoms with Crippen molar-refractivity contribution >= 4 is 23.6 Å². The Hall–Kier alpha value is -2.88. The molecular weight excluding hydrogens is 375 g/mol. The highest BCUT2D eigenvalue weighted by molar-refractivity contribution is 7.99. The molecule has 0 bridgehead atoms. The van der Waals surface area contributed by atoms with Crippen molar-refractivity contribution in [2.24, 2.45) is 0 Å². The number of aromatic amines is 1. The fourth-order valence-corrected chi connectivity index (χ4v) is 3.88. The van der Waals surface area contributed by atoms with Gasteiger partial charge in [-0.25, -0.2) is 9.37 Å². The van der Waals surface area contributed by atoms with Crippen LogP contribution in [0.15, 0.2) is 29.1 Å². The van der Waals surface area contributed by atoms with Crippen LogP contribution in [0, 0.1) is 5.82 Å². The Morgan fingerprint density at radius 3 is 2.78 bits per heavy atom. The second-order valence-corrected chi connectivity index (χ2v) is 7.08. The van der Waals surface area contributed by atoms with E-state index in [0.29, 0.717) is 17.9 Å². The summed E-state index contributed by atoms with van der Waals surface area (Å²) >= 11 is 1.40. The van der Waals surface area contributed by atoms with Crippen molar-refractivity contribution in [2.45, 2.75) is 18.8 Å². The molecule has 0 aliphatic carbocycles. The lowest BCUT2D eigenvalue weighted by Crippen LogP contribution is -2.32. The number of rotatable bonds is 4. The molecule has 3 N–H and O–H groups in total. The number of halogens is 1. The molecule has 1 saturated heterocycles. The Morgan fingerprint density at radius 1 is 1.41 bits per heavy atom. The average Bonchev–Trinajstić information content (AvgIpc) is 3.13. The Morgan fingerprint density at radius 2 is 2.11 bits per heavy atom. The molecule has 27 heavy (non-hydrogen) atoms. The van der Waals surface area contributed by atoms with Crippen LogP contribution in [0.25, 0.3) is 0 Å². The van der Waals surface area contributed by atoms with Gasteiger partial charge in [-0.1, -0.05) is 12.1 Å². The van der Waals surface area contributed by atoms with Gasteiger partial charge in [-0.15, -0.1) is 11.8 Å². The number of benzene rings is 1. The molecule has 1 aliphatic rings. The predicted octanol–water partition coefficient (Wildman–Crippen LogP) is 1.14. The first-order valence-electron chi connectivity index (χ1n) is 8.11. The summed E-state index contributed by atoms with van der Waals surface area (Å²) in [6.45, 7) is 1.98. The lowest BCUT2D eigenvalue weighted by Gasteiger charge is -2.21. The quantitative estimate of drug-likeness (QED) is 0.719. The van der Waals surface area contributed by atoms with Crippen molar-refractivity contribution in [3.05, 3.63) is 57.5 Å². The van der Waals surface area contributed by atoms with E-state index in [4.69, 9.17) is 0 Å². The predicted molar refractivity (Wildman–Crippen MR) is 96.7 cm³/mol. The minimum atomic E-state index is -0.858. The maximum Gasteiger partial charge on any atom is 0.294 e. The Bertz CT molecular complexity index is 932. The molecule has 2 amide bonds. The zero-order valence-electron chi connectivity index (χ0n) is 14.4. The molecule has 3 rings (SSSR count). The molecule has 0 saturated carbocycles. The number of amides is 2. The van der Waals surface area contributed by atoms with Crippen molar-refractivity contribution in [1.29, 1.82) is 0 Å². The Kier molecular flexibility index (Phi) is 5.45. The minimum Gasteiger partial charge on any atom is -0.501 e. The first-order chi connectivity index (χ1) is 12.9. The van der Waals surface area contributed by atoms with Gasteiger partial charge in [0.2, 0.25) is 11.7 Å². The molecule has 1 atom stereocenters.